The molecule has 0 aliphatic heterocycles. The third-order valence-electron chi connectivity index (χ3n) is 10.6. The third-order valence-corrected chi connectivity index (χ3v) is 13.1. The van der Waals surface area contributed by atoms with Crippen molar-refractivity contribution in [3.8, 4) is 39.1 Å². The molecule has 0 bridgehead atoms. The van der Waals surface area contributed by atoms with Gasteiger partial charge >= 0.3 is 0 Å². The molecule has 0 radical (unpaired) electrons. The summed E-state index contributed by atoms with van der Waals surface area (Å²) in [5.74, 6) is 0. The second kappa shape index (κ2) is 11.8. The van der Waals surface area contributed by atoms with E-state index in [2.05, 4.69) is 173 Å². The van der Waals surface area contributed by atoms with Crippen molar-refractivity contribution in [2.24, 2.45) is 0 Å². The third kappa shape index (κ3) is 4.55. The Morgan fingerprint density at radius 3 is 1.74 bits per heavy atom. The molecule has 0 N–H and O–H groups in total. The number of thiophene rings is 2. The molecular weight excluding hydrogens is 681 g/mol. The minimum atomic E-state index is 0.696. The Hall–Kier alpha value is -6.51. The van der Waals surface area contributed by atoms with Gasteiger partial charge in [-0.25, -0.2) is 4.85 Å². The average Bonchev–Trinajstić information content (AvgIpc) is 3.91. The van der Waals surface area contributed by atoms with Gasteiger partial charge in [0, 0.05) is 46.6 Å². The standard InChI is InChI=1S/C49H28N2S2/c1-50-41-25-24-35(37-18-10-17-36-34-16-8-9-21-45(34)52-47(36)37)46-38-19-11-20-44(48(38)53-49(41)46)51-42-26-22-32(30-12-4-2-5-13-30)28-39(42)40-29-33(23-27-43(40)51)31-14-6-3-7-15-31/h2-29H. The molecule has 11 rings (SSSR count). The molecule has 11 aromatic rings. The average molecular weight is 709 g/mol. The van der Waals surface area contributed by atoms with E-state index in [1.807, 2.05) is 17.4 Å². The second-order valence-corrected chi connectivity index (χ2v) is 15.6. The number of rotatable bonds is 4. The molecule has 4 heteroatoms. The van der Waals surface area contributed by atoms with E-state index in [4.69, 9.17) is 6.57 Å². The number of fused-ring (bicyclic) bond motifs is 9. The molecule has 53 heavy (non-hydrogen) atoms. The van der Waals surface area contributed by atoms with Crippen LogP contribution in [0.5, 0.6) is 0 Å². The van der Waals surface area contributed by atoms with Gasteiger partial charge in [-0.3, -0.25) is 0 Å². The Labute approximate surface area is 313 Å². The molecule has 3 heterocycles. The number of hydrogen-bond donors (Lipinski definition) is 0. The van der Waals surface area contributed by atoms with E-state index in [1.54, 1.807) is 11.3 Å². The molecule has 0 fully saturated rings. The molecule has 0 spiro atoms. The van der Waals surface area contributed by atoms with Gasteiger partial charge in [-0.15, -0.1) is 22.7 Å². The zero-order valence-corrected chi connectivity index (χ0v) is 30.0. The highest BCUT2D eigenvalue weighted by atomic mass is 32.1. The lowest BCUT2D eigenvalue weighted by Crippen LogP contribution is -1.94. The Balaban J connectivity index is 1.21. The van der Waals surface area contributed by atoms with Crippen LogP contribution in [0.2, 0.25) is 0 Å². The summed E-state index contributed by atoms with van der Waals surface area (Å²) in [5, 5.41) is 7.34. The van der Waals surface area contributed by atoms with Crippen molar-refractivity contribution < 1.29 is 0 Å². The second-order valence-electron chi connectivity index (χ2n) is 13.5. The van der Waals surface area contributed by atoms with Gasteiger partial charge in [-0.05, 0) is 69.6 Å². The first-order chi connectivity index (χ1) is 26.2. The fourth-order valence-corrected chi connectivity index (χ4v) is 10.7. The van der Waals surface area contributed by atoms with Crippen molar-refractivity contribution in [1.29, 1.82) is 0 Å². The number of hydrogen-bond acceptors (Lipinski definition) is 2. The first-order valence-electron chi connectivity index (χ1n) is 17.7. The van der Waals surface area contributed by atoms with Crippen molar-refractivity contribution in [2.45, 2.75) is 0 Å². The lowest BCUT2D eigenvalue weighted by Gasteiger charge is -2.11. The van der Waals surface area contributed by atoms with E-state index in [9.17, 15) is 0 Å². The van der Waals surface area contributed by atoms with E-state index in [0.717, 1.165) is 26.8 Å². The summed E-state index contributed by atoms with van der Waals surface area (Å²) < 4.78 is 7.24. The Morgan fingerprint density at radius 1 is 0.415 bits per heavy atom. The van der Waals surface area contributed by atoms with Crippen LogP contribution in [0.4, 0.5) is 5.69 Å². The Kier molecular flexibility index (Phi) is 6.69. The predicted octanol–water partition coefficient (Wildman–Crippen LogP) is 15.1. The van der Waals surface area contributed by atoms with Gasteiger partial charge in [0.15, 0.2) is 0 Å². The van der Waals surface area contributed by atoms with Crippen LogP contribution >= 0.6 is 22.7 Å². The Bertz CT molecular complexity index is 3190. The smallest absolute Gasteiger partial charge is 0.204 e. The van der Waals surface area contributed by atoms with Crippen LogP contribution in [0.25, 0.3) is 106 Å². The van der Waals surface area contributed by atoms with E-state index >= 15 is 0 Å². The molecule has 0 amide bonds. The number of nitrogens with zero attached hydrogens (tertiary/aromatic N) is 2. The SMILES string of the molecule is [C-]#[N+]c1ccc(-c2cccc3c2sc2ccccc23)c2c1sc1c(-n3c4ccc(-c5ccccc5)cc4c4cc(-c5ccccc5)ccc43)cccc12. The summed E-state index contributed by atoms with van der Waals surface area (Å²) in [5.41, 5.74) is 11.3. The van der Waals surface area contributed by atoms with Crippen LogP contribution in [0, 0.1) is 6.57 Å². The maximum absolute atomic E-state index is 8.20. The van der Waals surface area contributed by atoms with Gasteiger partial charge in [-0.2, -0.15) is 0 Å². The molecule has 2 nitrogen and oxygen atoms in total. The van der Waals surface area contributed by atoms with E-state index < -0.39 is 0 Å². The van der Waals surface area contributed by atoms with E-state index in [0.29, 0.717) is 5.69 Å². The highest BCUT2D eigenvalue weighted by molar-refractivity contribution is 7.27. The number of aromatic nitrogens is 1. The van der Waals surface area contributed by atoms with Gasteiger partial charge in [-0.1, -0.05) is 133 Å². The molecule has 0 saturated carbocycles. The summed E-state index contributed by atoms with van der Waals surface area (Å²) in [6.07, 6.45) is 0. The Morgan fingerprint density at radius 2 is 1.04 bits per heavy atom. The fourth-order valence-electron chi connectivity index (χ4n) is 8.22. The minimum Gasteiger partial charge on any atom is -0.308 e. The zero-order valence-electron chi connectivity index (χ0n) is 28.4. The van der Waals surface area contributed by atoms with Crippen LogP contribution in [-0.4, -0.2) is 4.57 Å². The monoisotopic (exact) mass is 708 g/mol. The molecule has 0 aliphatic rings. The van der Waals surface area contributed by atoms with Crippen LogP contribution < -0.4 is 0 Å². The van der Waals surface area contributed by atoms with E-state index in [1.165, 1.54) is 74.4 Å². The minimum absolute atomic E-state index is 0.696. The summed E-state index contributed by atoms with van der Waals surface area (Å²) in [7, 11) is 0. The van der Waals surface area contributed by atoms with Crippen molar-refractivity contribution in [2.75, 3.05) is 0 Å². The van der Waals surface area contributed by atoms with Crippen LogP contribution in [0.1, 0.15) is 0 Å². The first-order valence-corrected chi connectivity index (χ1v) is 19.3. The zero-order chi connectivity index (χ0) is 35.0. The van der Waals surface area contributed by atoms with Gasteiger partial charge < -0.3 is 4.57 Å². The quantitative estimate of drug-likeness (QED) is 0.161. The maximum Gasteiger partial charge on any atom is 0.204 e. The summed E-state index contributed by atoms with van der Waals surface area (Å²) in [4.78, 5) is 4.05. The number of benzene rings is 8. The topological polar surface area (TPSA) is 9.29 Å². The fraction of sp³-hybridized carbons (Fsp3) is 0. The summed E-state index contributed by atoms with van der Waals surface area (Å²) >= 11 is 3.59. The van der Waals surface area contributed by atoms with Crippen LogP contribution in [0.15, 0.2) is 170 Å². The van der Waals surface area contributed by atoms with Crippen molar-refractivity contribution in [1.82, 2.24) is 4.57 Å². The largest absolute Gasteiger partial charge is 0.308 e. The molecule has 3 aromatic heterocycles. The lowest BCUT2D eigenvalue weighted by atomic mass is 9.97. The summed E-state index contributed by atoms with van der Waals surface area (Å²) in [6, 6.07) is 61.2. The predicted molar refractivity (Wildman–Crippen MR) is 229 cm³/mol. The van der Waals surface area contributed by atoms with Gasteiger partial charge in [0.1, 0.15) is 0 Å². The van der Waals surface area contributed by atoms with Crippen molar-refractivity contribution in [3.05, 3.63) is 181 Å². The molecule has 0 atom stereocenters. The van der Waals surface area contributed by atoms with Gasteiger partial charge in [0.25, 0.3) is 0 Å². The summed E-state index contributed by atoms with van der Waals surface area (Å²) in [6.45, 7) is 8.20. The maximum atomic E-state index is 8.20. The normalized spacial score (nSPS) is 11.8. The van der Waals surface area contributed by atoms with Gasteiger partial charge in [0.05, 0.1) is 28.0 Å². The first kappa shape index (κ1) is 30.1. The lowest BCUT2D eigenvalue weighted by molar-refractivity contribution is 1.20. The van der Waals surface area contributed by atoms with Crippen molar-refractivity contribution in [3.63, 3.8) is 0 Å². The van der Waals surface area contributed by atoms with Gasteiger partial charge in [0.2, 0.25) is 5.69 Å². The molecule has 0 aliphatic carbocycles. The molecule has 0 saturated heterocycles. The van der Waals surface area contributed by atoms with Crippen molar-refractivity contribution >= 4 is 90.5 Å². The highest BCUT2D eigenvalue weighted by Gasteiger charge is 2.22. The van der Waals surface area contributed by atoms with Crippen LogP contribution in [-0.2, 0) is 0 Å². The molecular formula is C49H28N2S2. The molecule has 246 valence electrons. The molecule has 0 unspecified atom stereocenters. The van der Waals surface area contributed by atoms with E-state index in [-0.39, 0.29) is 0 Å². The highest BCUT2D eigenvalue weighted by Crippen LogP contribution is 2.50. The molecule has 8 aromatic carbocycles. The van der Waals surface area contributed by atoms with Crippen LogP contribution in [0.3, 0.4) is 0 Å².